The van der Waals surface area contributed by atoms with Crippen molar-refractivity contribution in [3.63, 3.8) is 0 Å². The average Bonchev–Trinajstić information content (AvgIpc) is 2.22. The van der Waals surface area contributed by atoms with Gasteiger partial charge >= 0.3 is 0 Å². The van der Waals surface area contributed by atoms with Gasteiger partial charge in [0.15, 0.2) is 0 Å². The van der Waals surface area contributed by atoms with E-state index in [4.69, 9.17) is 0 Å². The molecule has 2 nitrogen and oxygen atoms in total. The monoisotopic (exact) mass is 289 g/mol. The van der Waals surface area contributed by atoms with Crippen molar-refractivity contribution in [3.8, 4) is 0 Å². The zero-order valence-electron chi connectivity index (χ0n) is 8.82. The number of aromatic nitrogens is 1. The Kier molecular flexibility index (Phi) is 6.29. The van der Waals surface area contributed by atoms with E-state index in [9.17, 15) is 5.11 Å². The topological polar surface area (TPSA) is 33.1 Å². The van der Waals surface area contributed by atoms with Crippen LogP contribution in [0.25, 0.3) is 0 Å². The highest BCUT2D eigenvalue weighted by Gasteiger charge is 2.06. The summed E-state index contributed by atoms with van der Waals surface area (Å²) in [6.07, 6.45) is 2.99. The number of thioether (sulfide) groups is 1. The van der Waals surface area contributed by atoms with Crippen LogP contribution in [0.4, 0.5) is 0 Å². The number of rotatable bonds is 6. The normalized spacial score (nSPS) is 12.7. The molecule has 0 aliphatic heterocycles. The molecule has 1 N–H and O–H groups in total. The maximum atomic E-state index is 9.73. The number of halogens is 1. The van der Waals surface area contributed by atoms with Crippen LogP contribution < -0.4 is 0 Å². The standard InChI is InChI=1S/C11H16BrNOS/c1-2-15-6-5-11(14)7-10-4-3-9(12)8-13-10/h3-4,8,11,14H,2,5-7H2,1H3. The van der Waals surface area contributed by atoms with Gasteiger partial charge in [0.1, 0.15) is 0 Å². The van der Waals surface area contributed by atoms with Crippen LogP contribution in [0.1, 0.15) is 19.0 Å². The van der Waals surface area contributed by atoms with Gasteiger partial charge in [-0.05, 0) is 46.0 Å². The minimum atomic E-state index is -0.266. The molecule has 1 heterocycles. The van der Waals surface area contributed by atoms with Crippen molar-refractivity contribution in [3.05, 3.63) is 28.5 Å². The fourth-order valence-electron chi connectivity index (χ4n) is 1.23. The van der Waals surface area contributed by atoms with Gasteiger partial charge in [-0.25, -0.2) is 0 Å². The van der Waals surface area contributed by atoms with Crippen LogP contribution in [0.3, 0.4) is 0 Å². The van der Waals surface area contributed by atoms with E-state index in [2.05, 4.69) is 27.8 Å². The molecule has 0 bridgehead atoms. The summed E-state index contributed by atoms with van der Waals surface area (Å²) in [5.41, 5.74) is 0.951. The van der Waals surface area contributed by atoms with Crippen molar-refractivity contribution < 1.29 is 5.11 Å². The molecular weight excluding hydrogens is 274 g/mol. The van der Waals surface area contributed by atoms with Gasteiger partial charge in [-0.1, -0.05) is 6.92 Å². The first-order chi connectivity index (χ1) is 7.22. The largest absolute Gasteiger partial charge is 0.393 e. The van der Waals surface area contributed by atoms with Crippen molar-refractivity contribution in [1.82, 2.24) is 4.98 Å². The van der Waals surface area contributed by atoms with Crippen LogP contribution in [0.5, 0.6) is 0 Å². The maximum absolute atomic E-state index is 9.73. The average molecular weight is 290 g/mol. The van der Waals surface area contributed by atoms with Crippen LogP contribution in [-0.2, 0) is 6.42 Å². The fraction of sp³-hybridized carbons (Fsp3) is 0.545. The van der Waals surface area contributed by atoms with E-state index in [1.165, 1.54) is 0 Å². The van der Waals surface area contributed by atoms with Gasteiger partial charge in [0.05, 0.1) is 6.10 Å². The molecule has 1 aromatic rings. The number of hydrogen-bond donors (Lipinski definition) is 1. The number of nitrogens with zero attached hydrogens (tertiary/aromatic N) is 1. The summed E-state index contributed by atoms with van der Waals surface area (Å²) in [6.45, 7) is 2.13. The molecule has 0 aliphatic rings. The van der Waals surface area contributed by atoms with Gasteiger partial charge in [-0.3, -0.25) is 4.98 Å². The van der Waals surface area contributed by atoms with Crippen LogP contribution in [0.2, 0.25) is 0 Å². The van der Waals surface area contributed by atoms with Crippen LogP contribution in [0, 0.1) is 0 Å². The highest BCUT2D eigenvalue weighted by Crippen LogP contribution is 2.11. The molecular formula is C11H16BrNOS. The molecule has 1 aromatic heterocycles. The lowest BCUT2D eigenvalue weighted by molar-refractivity contribution is 0.171. The third-order valence-corrected chi connectivity index (χ3v) is 3.43. The third kappa shape index (κ3) is 5.54. The second-order valence-electron chi connectivity index (χ2n) is 3.31. The summed E-state index contributed by atoms with van der Waals surface area (Å²) >= 11 is 5.20. The molecule has 0 radical (unpaired) electrons. The van der Waals surface area contributed by atoms with Crippen molar-refractivity contribution in [2.45, 2.75) is 25.9 Å². The van der Waals surface area contributed by atoms with Gasteiger partial charge in [0.25, 0.3) is 0 Å². The van der Waals surface area contributed by atoms with Crippen molar-refractivity contribution in [2.24, 2.45) is 0 Å². The Bertz CT molecular complexity index is 278. The Morgan fingerprint density at radius 1 is 1.53 bits per heavy atom. The lowest BCUT2D eigenvalue weighted by Crippen LogP contribution is -2.12. The minimum absolute atomic E-state index is 0.266. The first kappa shape index (κ1) is 13.0. The molecule has 84 valence electrons. The van der Waals surface area contributed by atoms with Crippen LogP contribution in [0.15, 0.2) is 22.8 Å². The molecule has 0 saturated heterocycles. The summed E-state index contributed by atoms with van der Waals surface area (Å²) in [5, 5.41) is 9.73. The Labute approximate surface area is 104 Å². The van der Waals surface area contributed by atoms with E-state index in [0.29, 0.717) is 6.42 Å². The smallest absolute Gasteiger partial charge is 0.0603 e. The summed E-state index contributed by atoms with van der Waals surface area (Å²) < 4.78 is 0.974. The fourth-order valence-corrected chi connectivity index (χ4v) is 2.20. The number of aliphatic hydroxyl groups is 1. The van der Waals surface area contributed by atoms with Crippen molar-refractivity contribution >= 4 is 27.7 Å². The van der Waals surface area contributed by atoms with E-state index in [1.807, 2.05) is 23.9 Å². The van der Waals surface area contributed by atoms with Crippen LogP contribution >= 0.6 is 27.7 Å². The molecule has 15 heavy (non-hydrogen) atoms. The van der Waals surface area contributed by atoms with Gasteiger partial charge in [-0.2, -0.15) is 11.8 Å². The third-order valence-electron chi connectivity index (χ3n) is 2.03. The Hall–Kier alpha value is -0.0600. The molecule has 0 amide bonds. The SMILES string of the molecule is CCSCCC(O)Cc1ccc(Br)cn1. The predicted molar refractivity (Wildman–Crippen MR) is 69.3 cm³/mol. The number of aliphatic hydroxyl groups excluding tert-OH is 1. The molecule has 0 spiro atoms. The number of pyridine rings is 1. The Morgan fingerprint density at radius 3 is 2.93 bits per heavy atom. The summed E-state index contributed by atoms with van der Waals surface area (Å²) in [4.78, 5) is 4.23. The van der Waals surface area contributed by atoms with Gasteiger partial charge in [0, 0.05) is 22.8 Å². The predicted octanol–water partition coefficient (Wildman–Crippen LogP) is 2.89. The quantitative estimate of drug-likeness (QED) is 0.818. The van der Waals surface area contributed by atoms with E-state index in [0.717, 1.165) is 28.1 Å². The number of hydrogen-bond acceptors (Lipinski definition) is 3. The second kappa shape index (κ2) is 7.25. The molecule has 1 rings (SSSR count). The Balaban J connectivity index is 2.31. The summed E-state index contributed by atoms with van der Waals surface area (Å²) in [7, 11) is 0. The zero-order chi connectivity index (χ0) is 11.1. The van der Waals surface area contributed by atoms with E-state index >= 15 is 0 Å². The molecule has 0 saturated carbocycles. The Morgan fingerprint density at radius 2 is 2.33 bits per heavy atom. The highest BCUT2D eigenvalue weighted by molar-refractivity contribution is 9.10. The lowest BCUT2D eigenvalue weighted by Gasteiger charge is -2.09. The first-order valence-electron chi connectivity index (χ1n) is 5.08. The summed E-state index contributed by atoms with van der Waals surface area (Å²) in [5.74, 6) is 2.14. The van der Waals surface area contributed by atoms with E-state index < -0.39 is 0 Å². The van der Waals surface area contributed by atoms with Gasteiger partial charge in [0.2, 0.25) is 0 Å². The van der Waals surface area contributed by atoms with Crippen molar-refractivity contribution in [2.75, 3.05) is 11.5 Å². The molecule has 0 aromatic carbocycles. The molecule has 0 aliphatic carbocycles. The van der Waals surface area contributed by atoms with Crippen molar-refractivity contribution in [1.29, 1.82) is 0 Å². The molecule has 4 heteroatoms. The highest BCUT2D eigenvalue weighted by atomic mass is 79.9. The minimum Gasteiger partial charge on any atom is -0.393 e. The van der Waals surface area contributed by atoms with Crippen LogP contribution in [-0.4, -0.2) is 27.7 Å². The van der Waals surface area contributed by atoms with E-state index in [1.54, 1.807) is 6.20 Å². The summed E-state index contributed by atoms with van der Waals surface area (Å²) in [6, 6.07) is 3.90. The van der Waals surface area contributed by atoms with E-state index in [-0.39, 0.29) is 6.10 Å². The molecule has 1 unspecified atom stereocenters. The first-order valence-corrected chi connectivity index (χ1v) is 7.03. The van der Waals surface area contributed by atoms with Gasteiger partial charge < -0.3 is 5.11 Å². The second-order valence-corrected chi connectivity index (χ2v) is 5.62. The lowest BCUT2D eigenvalue weighted by atomic mass is 10.1. The molecule has 1 atom stereocenters. The van der Waals surface area contributed by atoms with Gasteiger partial charge in [-0.15, -0.1) is 0 Å². The zero-order valence-corrected chi connectivity index (χ0v) is 11.2. The maximum Gasteiger partial charge on any atom is 0.0603 e. The molecule has 0 fully saturated rings.